The Bertz CT molecular complexity index is 656. The van der Waals surface area contributed by atoms with Crippen molar-refractivity contribution in [3.63, 3.8) is 0 Å². The summed E-state index contributed by atoms with van der Waals surface area (Å²) in [5.41, 5.74) is 1.18. The molecule has 6 nitrogen and oxygen atoms in total. The number of sulfone groups is 1. The molecule has 2 rings (SSSR count). The van der Waals surface area contributed by atoms with Crippen molar-refractivity contribution >= 4 is 51.4 Å². The van der Waals surface area contributed by atoms with Gasteiger partial charge in [0.05, 0.1) is 11.5 Å². The number of rotatable bonds is 6. The highest BCUT2D eigenvalue weighted by atomic mass is 127. The molecule has 9 heteroatoms. The van der Waals surface area contributed by atoms with Crippen LogP contribution < -0.4 is 10.6 Å². The van der Waals surface area contributed by atoms with Crippen LogP contribution in [-0.4, -0.2) is 70.6 Å². The summed E-state index contributed by atoms with van der Waals surface area (Å²) in [6.45, 7) is 3.54. The topological polar surface area (TPSA) is 73.8 Å². The van der Waals surface area contributed by atoms with Crippen LogP contribution in [0.25, 0.3) is 0 Å². The van der Waals surface area contributed by atoms with Gasteiger partial charge in [-0.15, -0.1) is 24.0 Å². The molecule has 1 aliphatic rings. The SMILES string of the molecule is CN=C(NCCc1cccc(Cl)c1)NCCN1CCS(=O)(=O)CC1.I. The zero-order valence-corrected chi connectivity index (χ0v) is 18.3. The summed E-state index contributed by atoms with van der Waals surface area (Å²) in [6, 6.07) is 7.83. The molecule has 0 aliphatic carbocycles. The van der Waals surface area contributed by atoms with Crippen molar-refractivity contribution in [1.82, 2.24) is 15.5 Å². The fourth-order valence-corrected chi connectivity index (χ4v) is 4.03. The Morgan fingerprint density at radius 1 is 1.24 bits per heavy atom. The second-order valence-electron chi connectivity index (χ2n) is 5.80. The number of aliphatic imine (C=N–C) groups is 1. The molecule has 0 radical (unpaired) electrons. The first-order chi connectivity index (χ1) is 11.5. The molecule has 1 heterocycles. The van der Waals surface area contributed by atoms with Gasteiger partial charge in [-0.1, -0.05) is 23.7 Å². The van der Waals surface area contributed by atoms with Gasteiger partial charge in [-0.2, -0.15) is 0 Å². The van der Waals surface area contributed by atoms with Gasteiger partial charge in [0.2, 0.25) is 0 Å². The summed E-state index contributed by atoms with van der Waals surface area (Å²) in [4.78, 5) is 6.36. The Morgan fingerprint density at radius 2 is 1.92 bits per heavy atom. The van der Waals surface area contributed by atoms with Crippen LogP contribution in [0, 0.1) is 0 Å². The maximum absolute atomic E-state index is 11.4. The number of nitrogens with one attached hydrogen (secondary N) is 2. The Balaban J connectivity index is 0.00000312. The Kier molecular flexibility index (Phi) is 10.1. The highest BCUT2D eigenvalue weighted by Crippen LogP contribution is 2.10. The normalized spacial score (nSPS) is 17.6. The van der Waals surface area contributed by atoms with Crippen molar-refractivity contribution in [2.45, 2.75) is 6.42 Å². The molecular weight excluding hydrogens is 475 g/mol. The molecule has 0 aromatic heterocycles. The predicted molar refractivity (Wildman–Crippen MR) is 115 cm³/mol. The Labute approximate surface area is 172 Å². The minimum atomic E-state index is -2.81. The van der Waals surface area contributed by atoms with Gasteiger partial charge in [0.25, 0.3) is 0 Å². The minimum Gasteiger partial charge on any atom is -0.356 e. The zero-order valence-electron chi connectivity index (χ0n) is 14.4. The summed E-state index contributed by atoms with van der Waals surface area (Å²) in [6.07, 6.45) is 0.866. The lowest BCUT2D eigenvalue weighted by molar-refractivity contribution is 0.299. The Hall–Kier alpha value is -0.580. The quantitative estimate of drug-likeness (QED) is 0.351. The van der Waals surface area contributed by atoms with Crippen LogP contribution in [0.15, 0.2) is 29.3 Å². The second kappa shape index (κ2) is 11.2. The first-order valence-electron chi connectivity index (χ1n) is 8.10. The van der Waals surface area contributed by atoms with Crippen LogP contribution >= 0.6 is 35.6 Å². The summed E-state index contributed by atoms with van der Waals surface area (Å²) >= 11 is 5.97. The van der Waals surface area contributed by atoms with E-state index >= 15 is 0 Å². The molecule has 0 bridgehead atoms. The molecule has 0 spiro atoms. The van der Waals surface area contributed by atoms with E-state index < -0.39 is 9.84 Å². The highest BCUT2D eigenvalue weighted by molar-refractivity contribution is 14.0. The fraction of sp³-hybridized carbons (Fsp3) is 0.562. The van der Waals surface area contributed by atoms with E-state index in [1.54, 1.807) is 7.05 Å². The molecule has 0 atom stereocenters. The van der Waals surface area contributed by atoms with Crippen LogP contribution in [0.2, 0.25) is 5.02 Å². The first-order valence-corrected chi connectivity index (χ1v) is 10.3. The molecular formula is C16H26ClIN4O2S. The van der Waals surface area contributed by atoms with E-state index in [4.69, 9.17) is 11.6 Å². The van der Waals surface area contributed by atoms with Gasteiger partial charge >= 0.3 is 0 Å². The lowest BCUT2D eigenvalue weighted by atomic mass is 10.1. The molecule has 2 N–H and O–H groups in total. The van der Waals surface area contributed by atoms with Crippen LogP contribution in [0.3, 0.4) is 0 Å². The van der Waals surface area contributed by atoms with E-state index in [0.29, 0.717) is 13.1 Å². The maximum Gasteiger partial charge on any atom is 0.191 e. The standard InChI is InChI=1S/C16H25ClN4O2S.HI/c1-18-16(19-6-5-14-3-2-4-15(17)13-14)20-7-8-21-9-11-24(22,23)12-10-21;/h2-4,13H,5-12H2,1H3,(H2,18,19,20);1H. The summed E-state index contributed by atoms with van der Waals surface area (Å²) in [5.74, 6) is 1.28. The number of nitrogens with zero attached hydrogens (tertiary/aromatic N) is 2. The maximum atomic E-state index is 11.4. The summed E-state index contributed by atoms with van der Waals surface area (Å²) in [5, 5.41) is 7.28. The minimum absolute atomic E-state index is 0. The molecule has 1 aromatic rings. The van der Waals surface area contributed by atoms with Crippen LogP contribution in [0.4, 0.5) is 0 Å². The van der Waals surface area contributed by atoms with Gasteiger partial charge in [0, 0.05) is 44.8 Å². The van der Waals surface area contributed by atoms with Crippen molar-refractivity contribution in [3.05, 3.63) is 34.9 Å². The van der Waals surface area contributed by atoms with Crippen molar-refractivity contribution in [2.75, 3.05) is 51.3 Å². The van der Waals surface area contributed by atoms with Gasteiger partial charge < -0.3 is 10.6 Å². The third-order valence-corrected chi connectivity index (χ3v) is 5.82. The molecule has 1 aromatic carbocycles. The van der Waals surface area contributed by atoms with Crippen LogP contribution in [-0.2, 0) is 16.3 Å². The van der Waals surface area contributed by atoms with E-state index in [1.165, 1.54) is 5.56 Å². The van der Waals surface area contributed by atoms with Crippen molar-refractivity contribution < 1.29 is 8.42 Å². The monoisotopic (exact) mass is 500 g/mol. The van der Waals surface area contributed by atoms with Crippen molar-refractivity contribution in [3.8, 4) is 0 Å². The number of halogens is 2. The van der Waals surface area contributed by atoms with E-state index in [2.05, 4.69) is 20.5 Å². The third kappa shape index (κ3) is 8.57. The van der Waals surface area contributed by atoms with Gasteiger partial charge in [-0.25, -0.2) is 8.42 Å². The number of guanidine groups is 1. The van der Waals surface area contributed by atoms with Crippen LogP contribution in [0.1, 0.15) is 5.56 Å². The van der Waals surface area contributed by atoms with Gasteiger partial charge in [0.15, 0.2) is 15.8 Å². The van der Waals surface area contributed by atoms with Crippen LogP contribution in [0.5, 0.6) is 0 Å². The van der Waals surface area contributed by atoms with E-state index in [-0.39, 0.29) is 35.5 Å². The lowest BCUT2D eigenvalue weighted by Gasteiger charge is -2.26. The second-order valence-corrected chi connectivity index (χ2v) is 8.54. The van der Waals surface area contributed by atoms with E-state index in [9.17, 15) is 8.42 Å². The average Bonchev–Trinajstić information content (AvgIpc) is 2.55. The smallest absolute Gasteiger partial charge is 0.191 e. The summed E-state index contributed by atoms with van der Waals surface area (Å²) in [7, 11) is -1.07. The molecule has 1 fully saturated rings. The predicted octanol–water partition coefficient (Wildman–Crippen LogP) is 1.40. The molecule has 142 valence electrons. The van der Waals surface area contributed by atoms with Gasteiger partial charge in [-0.05, 0) is 24.1 Å². The zero-order chi connectivity index (χ0) is 17.4. The largest absolute Gasteiger partial charge is 0.356 e. The van der Waals surface area contributed by atoms with E-state index in [1.807, 2.05) is 24.3 Å². The van der Waals surface area contributed by atoms with Gasteiger partial charge in [-0.3, -0.25) is 9.89 Å². The fourth-order valence-electron chi connectivity index (χ4n) is 2.54. The molecule has 1 aliphatic heterocycles. The lowest BCUT2D eigenvalue weighted by Crippen LogP contribution is -2.46. The summed E-state index contributed by atoms with van der Waals surface area (Å²) < 4.78 is 22.8. The van der Waals surface area contributed by atoms with Crippen molar-refractivity contribution in [1.29, 1.82) is 0 Å². The first kappa shape index (κ1) is 22.5. The van der Waals surface area contributed by atoms with E-state index in [0.717, 1.165) is 37.0 Å². The molecule has 0 saturated carbocycles. The average molecular weight is 501 g/mol. The molecule has 1 saturated heterocycles. The number of hydrogen-bond acceptors (Lipinski definition) is 4. The Morgan fingerprint density at radius 3 is 2.56 bits per heavy atom. The van der Waals surface area contributed by atoms with Gasteiger partial charge in [0.1, 0.15) is 0 Å². The number of benzene rings is 1. The number of hydrogen-bond donors (Lipinski definition) is 2. The molecule has 0 amide bonds. The van der Waals surface area contributed by atoms with Crippen molar-refractivity contribution in [2.24, 2.45) is 4.99 Å². The highest BCUT2D eigenvalue weighted by Gasteiger charge is 2.20. The molecule has 25 heavy (non-hydrogen) atoms. The molecule has 0 unspecified atom stereocenters. The third-order valence-electron chi connectivity index (χ3n) is 3.98.